The van der Waals surface area contributed by atoms with Gasteiger partial charge in [0, 0.05) is 30.9 Å². The number of halogens is 2. The number of pyridine rings is 1. The maximum absolute atomic E-state index is 11.8. The van der Waals surface area contributed by atoms with Crippen molar-refractivity contribution in [2.45, 2.75) is 4.90 Å². The highest BCUT2D eigenvalue weighted by atomic mass is 35.5. The van der Waals surface area contributed by atoms with Crippen molar-refractivity contribution in [3.8, 4) is 0 Å². The van der Waals surface area contributed by atoms with Gasteiger partial charge in [0.15, 0.2) is 9.84 Å². The minimum atomic E-state index is -3.31. The molecule has 0 atom stereocenters. The summed E-state index contributed by atoms with van der Waals surface area (Å²) in [6, 6.07) is 6.37. The van der Waals surface area contributed by atoms with E-state index in [4.69, 9.17) is 23.2 Å². The fourth-order valence-corrected chi connectivity index (χ4v) is 3.41. The number of sulfone groups is 1. The van der Waals surface area contributed by atoms with Gasteiger partial charge in [0.25, 0.3) is 0 Å². The first-order valence-electron chi connectivity index (χ1n) is 7.58. The maximum atomic E-state index is 11.8. The third-order valence-electron chi connectivity index (χ3n) is 3.55. The van der Waals surface area contributed by atoms with Crippen LogP contribution in [0.3, 0.4) is 0 Å². The van der Waals surface area contributed by atoms with Gasteiger partial charge in [-0.05, 0) is 24.3 Å². The van der Waals surface area contributed by atoms with E-state index in [-0.39, 0.29) is 4.90 Å². The lowest BCUT2D eigenvalue weighted by Crippen LogP contribution is -2.15. The van der Waals surface area contributed by atoms with Gasteiger partial charge in [-0.2, -0.15) is 0 Å². The molecule has 0 aliphatic heterocycles. The molecule has 0 aliphatic rings. The molecule has 7 nitrogen and oxygen atoms in total. The summed E-state index contributed by atoms with van der Waals surface area (Å²) >= 11 is 11.9. The summed E-state index contributed by atoms with van der Waals surface area (Å²) < 4.78 is 23.5. The van der Waals surface area contributed by atoms with E-state index in [9.17, 15) is 8.42 Å². The summed E-state index contributed by atoms with van der Waals surface area (Å²) in [5.74, 6) is 1.09. The Labute approximate surface area is 160 Å². The first kappa shape index (κ1) is 18.6. The molecule has 136 valence electrons. The van der Waals surface area contributed by atoms with Crippen molar-refractivity contribution in [2.24, 2.45) is 0 Å². The van der Waals surface area contributed by atoms with Crippen molar-refractivity contribution in [3.63, 3.8) is 0 Å². The van der Waals surface area contributed by atoms with Crippen LogP contribution in [0.2, 0.25) is 10.0 Å². The largest absolute Gasteiger partial charge is 0.368 e. The number of hydrogen-bond acceptors (Lipinski definition) is 7. The van der Waals surface area contributed by atoms with Crippen LogP contribution in [-0.4, -0.2) is 42.7 Å². The molecule has 3 rings (SSSR count). The highest BCUT2D eigenvalue weighted by Gasteiger charge is 2.11. The summed E-state index contributed by atoms with van der Waals surface area (Å²) in [6.45, 7) is 1.03. The van der Waals surface area contributed by atoms with Gasteiger partial charge in [-0.15, -0.1) is 0 Å². The highest BCUT2D eigenvalue weighted by Crippen LogP contribution is 2.24. The van der Waals surface area contributed by atoms with Gasteiger partial charge in [-0.25, -0.2) is 23.4 Å². The lowest BCUT2D eigenvalue weighted by molar-refractivity contribution is 0.602. The van der Waals surface area contributed by atoms with Crippen LogP contribution >= 0.6 is 23.2 Å². The zero-order chi connectivity index (χ0) is 18.7. The van der Waals surface area contributed by atoms with Gasteiger partial charge in [0.1, 0.15) is 18.0 Å². The Bertz CT molecular complexity index is 1060. The Morgan fingerprint density at radius 3 is 2.42 bits per heavy atom. The molecule has 2 aromatic heterocycles. The molecule has 0 radical (unpaired) electrons. The molecule has 2 N–H and O–H groups in total. The third kappa shape index (κ3) is 4.32. The topological polar surface area (TPSA) is 96.9 Å². The number of benzene rings is 1. The molecule has 0 fully saturated rings. The molecule has 0 unspecified atom stereocenters. The molecule has 2 heterocycles. The number of aromatic nitrogens is 3. The maximum Gasteiger partial charge on any atom is 0.175 e. The molecule has 3 aromatic rings. The molecule has 0 aliphatic carbocycles. The summed E-state index contributed by atoms with van der Waals surface area (Å²) in [5.41, 5.74) is 0.658. The lowest BCUT2D eigenvalue weighted by atomic mass is 10.2. The Kier molecular flexibility index (Phi) is 5.45. The van der Waals surface area contributed by atoms with E-state index in [2.05, 4.69) is 25.6 Å². The van der Waals surface area contributed by atoms with Gasteiger partial charge in [-0.3, -0.25) is 0 Å². The van der Waals surface area contributed by atoms with Crippen LogP contribution < -0.4 is 10.6 Å². The number of hydrogen-bond donors (Lipinski definition) is 2. The third-order valence-corrected chi connectivity index (χ3v) is 5.16. The van der Waals surface area contributed by atoms with Crippen LogP contribution in [0.15, 0.2) is 41.7 Å². The quantitative estimate of drug-likeness (QED) is 0.600. The summed E-state index contributed by atoms with van der Waals surface area (Å²) in [6.07, 6.45) is 4.10. The average molecular weight is 412 g/mol. The van der Waals surface area contributed by atoms with Gasteiger partial charge in [-0.1, -0.05) is 23.2 Å². The number of nitrogens with zero attached hydrogens (tertiary/aromatic N) is 3. The van der Waals surface area contributed by atoms with E-state index < -0.39 is 9.84 Å². The van der Waals surface area contributed by atoms with E-state index in [0.29, 0.717) is 45.7 Å². The second-order valence-corrected chi connectivity index (χ2v) is 8.37. The van der Waals surface area contributed by atoms with Crippen molar-refractivity contribution in [2.75, 3.05) is 30.0 Å². The minimum Gasteiger partial charge on any atom is -0.368 e. The van der Waals surface area contributed by atoms with E-state index in [1.807, 2.05) is 0 Å². The number of nitrogens with one attached hydrogen (secondary N) is 2. The van der Waals surface area contributed by atoms with Crippen LogP contribution in [0.25, 0.3) is 10.9 Å². The second kappa shape index (κ2) is 7.61. The summed E-state index contributed by atoms with van der Waals surface area (Å²) in [7, 11) is -3.31. The lowest BCUT2D eigenvalue weighted by Gasteiger charge is -2.11. The van der Waals surface area contributed by atoms with Crippen LogP contribution in [0, 0.1) is 0 Å². The normalized spacial score (nSPS) is 11.5. The molecule has 10 heteroatoms. The Morgan fingerprint density at radius 2 is 1.73 bits per heavy atom. The van der Waals surface area contributed by atoms with Gasteiger partial charge in [0.2, 0.25) is 0 Å². The molecular formula is C16H15Cl2N5O2S. The molecule has 0 bridgehead atoms. The Balaban J connectivity index is 1.72. The standard InChI is InChI=1S/C16H15Cl2N5O2S/c1-26(24,25)11-2-3-14-12(7-11)15(23-9-22-14)19-4-5-20-16-13(18)6-10(17)8-21-16/h2-3,6-9H,4-5H2,1H3,(H,20,21)(H,19,22,23). The molecule has 0 saturated carbocycles. The van der Waals surface area contributed by atoms with Crippen LogP contribution in [-0.2, 0) is 9.84 Å². The fourth-order valence-electron chi connectivity index (χ4n) is 2.31. The van der Waals surface area contributed by atoms with Crippen molar-refractivity contribution in [1.29, 1.82) is 0 Å². The molecule has 0 spiro atoms. The molecule has 1 aromatic carbocycles. The first-order chi connectivity index (χ1) is 12.3. The van der Waals surface area contributed by atoms with Crippen molar-refractivity contribution >= 4 is 55.6 Å². The molecular weight excluding hydrogens is 397 g/mol. The van der Waals surface area contributed by atoms with Gasteiger partial charge >= 0.3 is 0 Å². The van der Waals surface area contributed by atoms with Crippen molar-refractivity contribution in [1.82, 2.24) is 15.0 Å². The molecule has 0 amide bonds. The van der Waals surface area contributed by atoms with E-state index in [1.165, 1.54) is 18.6 Å². The first-order valence-corrected chi connectivity index (χ1v) is 10.2. The molecule has 0 saturated heterocycles. The zero-order valence-corrected chi connectivity index (χ0v) is 16.0. The van der Waals surface area contributed by atoms with Gasteiger partial charge < -0.3 is 10.6 Å². The SMILES string of the molecule is CS(=O)(=O)c1ccc2ncnc(NCCNc3ncc(Cl)cc3Cl)c2c1. The van der Waals surface area contributed by atoms with Crippen molar-refractivity contribution in [3.05, 3.63) is 46.8 Å². The van der Waals surface area contributed by atoms with Crippen LogP contribution in [0.5, 0.6) is 0 Å². The Morgan fingerprint density at radius 1 is 1.00 bits per heavy atom. The van der Waals surface area contributed by atoms with Crippen molar-refractivity contribution < 1.29 is 8.42 Å². The van der Waals surface area contributed by atoms with E-state index in [0.717, 1.165) is 6.26 Å². The predicted octanol–water partition coefficient (Wildman–Crippen LogP) is 3.26. The molecule has 26 heavy (non-hydrogen) atoms. The number of anilines is 2. The number of fused-ring (bicyclic) bond motifs is 1. The average Bonchev–Trinajstić information content (AvgIpc) is 2.59. The van der Waals surface area contributed by atoms with E-state index in [1.54, 1.807) is 18.2 Å². The monoisotopic (exact) mass is 411 g/mol. The Hall–Kier alpha value is -2.16. The predicted molar refractivity (Wildman–Crippen MR) is 104 cm³/mol. The van der Waals surface area contributed by atoms with Gasteiger partial charge in [0.05, 0.1) is 20.5 Å². The summed E-state index contributed by atoms with van der Waals surface area (Å²) in [4.78, 5) is 12.7. The highest BCUT2D eigenvalue weighted by molar-refractivity contribution is 7.90. The smallest absolute Gasteiger partial charge is 0.175 e. The van der Waals surface area contributed by atoms with E-state index >= 15 is 0 Å². The zero-order valence-electron chi connectivity index (χ0n) is 13.7. The number of rotatable bonds is 6. The minimum absolute atomic E-state index is 0.220. The van der Waals surface area contributed by atoms with Crippen LogP contribution in [0.4, 0.5) is 11.6 Å². The summed E-state index contributed by atoms with van der Waals surface area (Å²) in [5, 5.41) is 7.79. The van der Waals surface area contributed by atoms with Crippen LogP contribution in [0.1, 0.15) is 0 Å². The second-order valence-electron chi connectivity index (χ2n) is 5.51. The fraction of sp³-hybridized carbons (Fsp3) is 0.188.